The Morgan fingerprint density at radius 3 is 2.23 bits per heavy atom. The Hall–Kier alpha value is -1.06. The van der Waals surface area contributed by atoms with Gasteiger partial charge >= 0.3 is 0 Å². The molecule has 0 spiro atoms. The van der Waals surface area contributed by atoms with Gasteiger partial charge in [-0.1, -0.05) is 20.8 Å². The molecule has 0 aromatic heterocycles. The highest BCUT2D eigenvalue weighted by Gasteiger charge is 2.24. The van der Waals surface area contributed by atoms with Crippen LogP contribution in [0.3, 0.4) is 0 Å². The van der Waals surface area contributed by atoms with Gasteiger partial charge in [-0.3, -0.25) is 9.59 Å². The van der Waals surface area contributed by atoms with E-state index in [0.717, 1.165) is 6.42 Å². The Labute approximate surface area is 79.1 Å². The summed E-state index contributed by atoms with van der Waals surface area (Å²) in [6.07, 6.45) is 0.757. The molecule has 0 aliphatic heterocycles. The van der Waals surface area contributed by atoms with Crippen LogP contribution in [0.4, 0.5) is 0 Å². The average Bonchev–Trinajstić information content (AvgIpc) is 2.13. The van der Waals surface area contributed by atoms with Gasteiger partial charge in [-0.15, -0.1) is 0 Å². The molecule has 4 nitrogen and oxygen atoms in total. The molecular weight excluding hydrogens is 168 g/mol. The first-order valence-electron chi connectivity index (χ1n) is 4.43. The minimum atomic E-state index is -0.395. The van der Waals surface area contributed by atoms with E-state index >= 15 is 0 Å². The largest absolute Gasteiger partial charge is 0.358 e. The maximum atomic E-state index is 11.4. The van der Waals surface area contributed by atoms with Gasteiger partial charge in [-0.25, -0.2) is 0 Å². The highest BCUT2D eigenvalue weighted by Crippen LogP contribution is 2.18. The van der Waals surface area contributed by atoms with E-state index in [1.807, 2.05) is 20.8 Å². The van der Waals surface area contributed by atoms with Crippen molar-refractivity contribution in [3.63, 3.8) is 0 Å². The molecule has 4 heteroatoms. The van der Waals surface area contributed by atoms with Gasteiger partial charge in [0, 0.05) is 12.5 Å². The van der Waals surface area contributed by atoms with E-state index in [-0.39, 0.29) is 18.4 Å². The fourth-order valence-corrected chi connectivity index (χ4v) is 0.649. The topological polar surface area (TPSA) is 58.2 Å². The summed E-state index contributed by atoms with van der Waals surface area (Å²) in [6, 6.07) is 0. The lowest BCUT2D eigenvalue weighted by Crippen LogP contribution is -2.41. The smallest absolute Gasteiger partial charge is 0.239 e. The quantitative estimate of drug-likeness (QED) is 0.662. The molecule has 2 N–H and O–H groups in total. The summed E-state index contributed by atoms with van der Waals surface area (Å²) in [7, 11) is 1.54. The zero-order valence-corrected chi connectivity index (χ0v) is 8.73. The molecule has 0 bridgehead atoms. The molecule has 0 aromatic carbocycles. The van der Waals surface area contributed by atoms with Crippen molar-refractivity contribution < 1.29 is 9.59 Å². The monoisotopic (exact) mass is 186 g/mol. The Balaban J connectivity index is 3.95. The van der Waals surface area contributed by atoms with E-state index in [4.69, 9.17) is 0 Å². The van der Waals surface area contributed by atoms with Crippen molar-refractivity contribution in [3.05, 3.63) is 0 Å². The first-order valence-corrected chi connectivity index (χ1v) is 4.43. The van der Waals surface area contributed by atoms with Crippen LogP contribution in [-0.4, -0.2) is 25.4 Å². The lowest BCUT2D eigenvalue weighted by molar-refractivity contribution is -0.131. The van der Waals surface area contributed by atoms with Crippen LogP contribution in [0.5, 0.6) is 0 Å². The fourth-order valence-electron chi connectivity index (χ4n) is 0.649. The lowest BCUT2D eigenvalue weighted by Gasteiger charge is -2.20. The minimum absolute atomic E-state index is 0.0543. The Morgan fingerprint density at radius 1 is 1.31 bits per heavy atom. The third-order valence-corrected chi connectivity index (χ3v) is 2.19. The lowest BCUT2D eigenvalue weighted by atomic mass is 9.89. The summed E-state index contributed by atoms with van der Waals surface area (Å²) >= 11 is 0. The van der Waals surface area contributed by atoms with E-state index in [2.05, 4.69) is 10.6 Å². The molecule has 0 radical (unpaired) electrons. The Morgan fingerprint density at radius 2 is 1.85 bits per heavy atom. The van der Waals surface area contributed by atoms with Gasteiger partial charge in [-0.2, -0.15) is 0 Å². The van der Waals surface area contributed by atoms with Gasteiger partial charge in [0.2, 0.25) is 11.8 Å². The van der Waals surface area contributed by atoms with Crippen LogP contribution in [0.2, 0.25) is 0 Å². The second-order valence-electron chi connectivity index (χ2n) is 3.59. The normalized spacial score (nSPS) is 10.8. The fraction of sp³-hybridized carbons (Fsp3) is 0.778. The number of rotatable bonds is 4. The van der Waals surface area contributed by atoms with Gasteiger partial charge < -0.3 is 10.6 Å². The highest BCUT2D eigenvalue weighted by atomic mass is 16.2. The van der Waals surface area contributed by atoms with Crippen LogP contribution in [-0.2, 0) is 9.59 Å². The predicted molar refractivity (Wildman–Crippen MR) is 51.1 cm³/mol. The van der Waals surface area contributed by atoms with Crippen LogP contribution in [0.15, 0.2) is 0 Å². The molecule has 0 heterocycles. The molecule has 2 amide bonds. The highest BCUT2D eigenvalue weighted by molar-refractivity contribution is 5.87. The molecule has 0 aromatic rings. The van der Waals surface area contributed by atoms with E-state index in [9.17, 15) is 9.59 Å². The molecule has 0 aliphatic rings. The maximum Gasteiger partial charge on any atom is 0.239 e. The van der Waals surface area contributed by atoms with Gasteiger partial charge in [0.05, 0.1) is 6.54 Å². The van der Waals surface area contributed by atoms with Gasteiger partial charge in [0.25, 0.3) is 0 Å². The first-order chi connectivity index (χ1) is 5.94. The van der Waals surface area contributed by atoms with E-state index in [1.54, 1.807) is 7.05 Å². The molecular formula is C9H18N2O2. The Kier molecular flexibility index (Phi) is 4.45. The first kappa shape index (κ1) is 11.9. The molecule has 0 saturated heterocycles. The van der Waals surface area contributed by atoms with E-state index in [1.165, 1.54) is 0 Å². The van der Waals surface area contributed by atoms with Crippen molar-refractivity contribution in [2.75, 3.05) is 13.6 Å². The molecule has 13 heavy (non-hydrogen) atoms. The van der Waals surface area contributed by atoms with Gasteiger partial charge in [0.1, 0.15) is 0 Å². The zero-order chi connectivity index (χ0) is 10.5. The van der Waals surface area contributed by atoms with Crippen molar-refractivity contribution in [2.24, 2.45) is 5.41 Å². The van der Waals surface area contributed by atoms with Crippen molar-refractivity contribution in [3.8, 4) is 0 Å². The van der Waals surface area contributed by atoms with Crippen LogP contribution in [0.1, 0.15) is 27.2 Å². The molecule has 0 aliphatic carbocycles. The number of hydrogen-bond acceptors (Lipinski definition) is 2. The second kappa shape index (κ2) is 4.84. The number of carbonyl (C=O) groups excluding carboxylic acids is 2. The number of carbonyl (C=O) groups is 2. The molecule has 0 atom stereocenters. The summed E-state index contributed by atoms with van der Waals surface area (Å²) in [6.45, 7) is 5.70. The molecule has 0 saturated carbocycles. The minimum Gasteiger partial charge on any atom is -0.358 e. The maximum absolute atomic E-state index is 11.4. The standard InChI is InChI=1S/C9H18N2O2/c1-5-9(2,3)8(13)11-6-7(12)10-4/h5-6H2,1-4H3,(H,10,12)(H,11,13). The number of nitrogens with one attached hydrogen (secondary N) is 2. The summed E-state index contributed by atoms with van der Waals surface area (Å²) in [5, 5.41) is 5.01. The summed E-state index contributed by atoms with van der Waals surface area (Å²) in [5.74, 6) is -0.265. The molecule has 76 valence electrons. The summed E-state index contributed by atoms with van der Waals surface area (Å²) in [4.78, 5) is 22.2. The predicted octanol–water partition coefficient (Wildman–Crippen LogP) is 0.285. The molecule has 0 fully saturated rings. The molecule has 0 rings (SSSR count). The van der Waals surface area contributed by atoms with Gasteiger partial charge in [-0.05, 0) is 6.42 Å². The summed E-state index contributed by atoms with van der Waals surface area (Å²) in [5.41, 5.74) is -0.395. The van der Waals surface area contributed by atoms with E-state index in [0.29, 0.717) is 0 Å². The van der Waals surface area contributed by atoms with Gasteiger partial charge in [0.15, 0.2) is 0 Å². The third-order valence-electron chi connectivity index (χ3n) is 2.19. The van der Waals surface area contributed by atoms with Crippen molar-refractivity contribution in [1.29, 1.82) is 0 Å². The van der Waals surface area contributed by atoms with Crippen molar-refractivity contribution in [1.82, 2.24) is 10.6 Å². The van der Waals surface area contributed by atoms with Crippen LogP contribution < -0.4 is 10.6 Å². The number of hydrogen-bond donors (Lipinski definition) is 2. The third kappa shape index (κ3) is 3.92. The number of likely N-dealkylation sites (N-methyl/N-ethyl adjacent to an activating group) is 1. The summed E-state index contributed by atoms with van der Waals surface area (Å²) < 4.78 is 0. The van der Waals surface area contributed by atoms with Crippen LogP contribution >= 0.6 is 0 Å². The second-order valence-corrected chi connectivity index (χ2v) is 3.59. The van der Waals surface area contributed by atoms with Crippen LogP contribution in [0.25, 0.3) is 0 Å². The van der Waals surface area contributed by atoms with E-state index < -0.39 is 5.41 Å². The number of amides is 2. The Bertz CT molecular complexity index is 200. The zero-order valence-electron chi connectivity index (χ0n) is 8.73. The van der Waals surface area contributed by atoms with Crippen molar-refractivity contribution >= 4 is 11.8 Å². The molecule has 0 unspecified atom stereocenters. The van der Waals surface area contributed by atoms with Crippen molar-refractivity contribution in [2.45, 2.75) is 27.2 Å². The SMILES string of the molecule is CCC(C)(C)C(=O)NCC(=O)NC. The van der Waals surface area contributed by atoms with Crippen LogP contribution in [0, 0.1) is 5.41 Å². The average molecular weight is 186 g/mol.